The van der Waals surface area contributed by atoms with E-state index in [-0.39, 0.29) is 5.91 Å². The Bertz CT molecular complexity index is 803. The highest BCUT2D eigenvalue weighted by Crippen LogP contribution is 2.29. The summed E-state index contributed by atoms with van der Waals surface area (Å²) >= 11 is 0. The first-order chi connectivity index (χ1) is 13.2. The predicted molar refractivity (Wildman–Crippen MR) is 100 cm³/mol. The molecule has 3 heterocycles. The first-order valence-corrected chi connectivity index (χ1v) is 9.12. The molecule has 4 rings (SSSR count). The van der Waals surface area contributed by atoms with Crippen LogP contribution in [0.5, 0.6) is 11.6 Å². The Morgan fingerprint density at radius 3 is 2.70 bits per heavy atom. The molecule has 142 valence electrons. The molecule has 1 aromatic heterocycles. The molecule has 1 aromatic carbocycles. The van der Waals surface area contributed by atoms with E-state index in [0.717, 1.165) is 43.3 Å². The summed E-state index contributed by atoms with van der Waals surface area (Å²) in [6.07, 6.45) is 1.55. The van der Waals surface area contributed by atoms with Crippen LogP contribution in [0, 0.1) is 0 Å². The van der Waals surface area contributed by atoms with E-state index in [9.17, 15) is 4.79 Å². The number of hydrogen-bond donors (Lipinski definition) is 0. The third-order valence-corrected chi connectivity index (χ3v) is 4.88. The summed E-state index contributed by atoms with van der Waals surface area (Å²) in [6.45, 7) is 4.75. The average molecular weight is 369 g/mol. The second-order valence-corrected chi connectivity index (χ2v) is 6.56. The molecule has 7 nitrogen and oxygen atoms in total. The summed E-state index contributed by atoms with van der Waals surface area (Å²) in [7, 11) is 1.55. The van der Waals surface area contributed by atoms with Gasteiger partial charge in [0.05, 0.1) is 32.4 Å². The first-order valence-electron chi connectivity index (χ1n) is 9.12. The van der Waals surface area contributed by atoms with Gasteiger partial charge in [0.1, 0.15) is 12.4 Å². The zero-order valence-corrected chi connectivity index (χ0v) is 15.4. The summed E-state index contributed by atoms with van der Waals surface area (Å²) < 4.78 is 16.4. The van der Waals surface area contributed by atoms with Crippen molar-refractivity contribution in [2.75, 3.05) is 51.5 Å². The molecule has 2 aliphatic heterocycles. The van der Waals surface area contributed by atoms with Crippen molar-refractivity contribution in [3.63, 3.8) is 0 Å². The topological polar surface area (TPSA) is 64.1 Å². The fourth-order valence-corrected chi connectivity index (χ4v) is 3.38. The van der Waals surface area contributed by atoms with Crippen LogP contribution in [0.25, 0.3) is 0 Å². The number of amides is 1. The van der Waals surface area contributed by atoms with Crippen LogP contribution in [-0.4, -0.2) is 62.4 Å². The highest BCUT2D eigenvalue weighted by Gasteiger charge is 2.22. The van der Waals surface area contributed by atoms with E-state index in [2.05, 4.69) is 22.0 Å². The molecule has 27 heavy (non-hydrogen) atoms. The molecule has 0 spiro atoms. The number of rotatable bonds is 3. The van der Waals surface area contributed by atoms with Gasteiger partial charge in [-0.1, -0.05) is 0 Å². The van der Waals surface area contributed by atoms with E-state index in [4.69, 9.17) is 14.2 Å². The van der Waals surface area contributed by atoms with Crippen LogP contribution in [0.3, 0.4) is 0 Å². The van der Waals surface area contributed by atoms with Crippen molar-refractivity contribution in [3.8, 4) is 11.6 Å². The van der Waals surface area contributed by atoms with Gasteiger partial charge in [0.15, 0.2) is 0 Å². The van der Waals surface area contributed by atoms with Gasteiger partial charge in [0.2, 0.25) is 5.88 Å². The summed E-state index contributed by atoms with van der Waals surface area (Å²) in [5.41, 5.74) is 2.70. The highest BCUT2D eigenvalue weighted by atomic mass is 16.5. The Balaban J connectivity index is 1.54. The van der Waals surface area contributed by atoms with Crippen LogP contribution in [-0.2, 0) is 11.3 Å². The van der Waals surface area contributed by atoms with Crippen molar-refractivity contribution >= 4 is 11.6 Å². The number of carbonyl (C=O) groups is 1. The SMILES string of the molecule is COc1ccc(C(=O)N2CCOc3ccc(N4CCOCC4)cc3C2)cn1. The van der Waals surface area contributed by atoms with Crippen molar-refractivity contribution in [3.05, 3.63) is 47.7 Å². The molecule has 0 unspecified atom stereocenters. The number of nitrogens with zero attached hydrogens (tertiary/aromatic N) is 3. The summed E-state index contributed by atoms with van der Waals surface area (Å²) in [4.78, 5) is 21.2. The molecule has 2 aliphatic rings. The molecule has 7 heteroatoms. The van der Waals surface area contributed by atoms with Gasteiger partial charge in [0.25, 0.3) is 5.91 Å². The lowest BCUT2D eigenvalue weighted by atomic mass is 10.1. The molecule has 0 aliphatic carbocycles. The fraction of sp³-hybridized carbons (Fsp3) is 0.400. The van der Waals surface area contributed by atoms with Gasteiger partial charge in [-0.05, 0) is 24.3 Å². The Kier molecular flexibility index (Phi) is 5.11. The number of carbonyl (C=O) groups excluding carboxylic acids is 1. The number of fused-ring (bicyclic) bond motifs is 1. The molecule has 0 saturated carbocycles. The Morgan fingerprint density at radius 1 is 1.11 bits per heavy atom. The minimum atomic E-state index is -0.0571. The minimum absolute atomic E-state index is 0.0571. The monoisotopic (exact) mass is 369 g/mol. The van der Waals surface area contributed by atoms with Crippen LogP contribution >= 0.6 is 0 Å². The Labute approximate surface area is 158 Å². The first kappa shape index (κ1) is 17.6. The van der Waals surface area contributed by atoms with Crippen molar-refractivity contribution in [1.29, 1.82) is 0 Å². The van der Waals surface area contributed by atoms with E-state index in [1.54, 1.807) is 30.3 Å². The standard InChI is InChI=1S/C20H23N3O4/c1-25-19-5-2-15(13-21-19)20(24)23-8-11-27-18-4-3-17(12-16(18)14-23)22-6-9-26-10-7-22/h2-5,12-13H,6-11,14H2,1H3. The number of anilines is 1. The maximum absolute atomic E-state index is 12.9. The summed E-state index contributed by atoms with van der Waals surface area (Å²) in [5, 5.41) is 0. The van der Waals surface area contributed by atoms with Gasteiger partial charge in [-0.2, -0.15) is 0 Å². The van der Waals surface area contributed by atoms with Gasteiger partial charge in [-0.25, -0.2) is 4.98 Å². The van der Waals surface area contributed by atoms with Crippen LogP contribution in [0.1, 0.15) is 15.9 Å². The van der Waals surface area contributed by atoms with Crippen molar-refractivity contribution in [1.82, 2.24) is 9.88 Å². The highest BCUT2D eigenvalue weighted by molar-refractivity contribution is 5.94. The Hall–Kier alpha value is -2.80. The number of methoxy groups -OCH3 is 1. The number of benzene rings is 1. The van der Waals surface area contributed by atoms with Gasteiger partial charge in [0, 0.05) is 43.1 Å². The zero-order valence-electron chi connectivity index (χ0n) is 15.4. The molecule has 0 radical (unpaired) electrons. The number of morpholine rings is 1. The van der Waals surface area contributed by atoms with Crippen molar-refractivity contribution in [2.24, 2.45) is 0 Å². The quantitative estimate of drug-likeness (QED) is 0.824. The fourth-order valence-electron chi connectivity index (χ4n) is 3.38. The van der Waals surface area contributed by atoms with E-state index in [1.165, 1.54) is 0 Å². The predicted octanol–water partition coefficient (Wildman–Crippen LogP) is 1.96. The maximum atomic E-state index is 12.9. The molecule has 0 N–H and O–H groups in total. The van der Waals surface area contributed by atoms with Gasteiger partial charge >= 0.3 is 0 Å². The number of pyridine rings is 1. The lowest BCUT2D eigenvalue weighted by molar-refractivity contribution is 0.0732. The van der Waals surface area contributed by atoms with Crippen molar-refractivity contribution < 1.29 is 19.0 Å². The molecular weight excluding hydrogens is 346 g/mol. The normalized spacial score (nSPS) is 16.9. The second kappa shape index (κ2) is 7.84. The van der Waals surface area contributed by atoms with E-state index in [0.29, 0.717) is 31.1 Å². The van der Waals surface area contributed by atoms with Crippen LogP contribution in [0.2, 0.25) is 0 Å². The maximum Gasteiger partial charge on any atom is 0.255 e. The summed E-state index contributed by atoms with van der Waals surface area (Å²) in [6, 6.07) is 9.65. The van der Waals surface area contributed by atoms with Crippen LogP contribution in [0.4, 0.5) is 5.69 Å². The van der Waals surface area contributed by atoms with Crippen molar-refractivity contribution in [2.45, 2.75) is 6.54 Å². The lowest BCUT2D eigenvalue weighted by Gasteiger charge is -2.29. The van der Waals surface area contributed by atoms with E-state index in [1.807, 2.05) is 6.07 Å². The van der Waals surface area contributed by atoms with Crippen LogP contribution < -0.4 is 14.4 Å². The molecule has 1 fully saturated rings. The minimum Gasteiger partial charge on any atom is -0.491 e. The molecule has 1 saturated heterocycles. The number of ether oxygens (including phenoxy) is 3. The average Bonchev–Trinajstić information content (AvgIpc) is 2.96. The molecule has 0 atom stereocenters. The summed E-state index contributed by atoms with van der Waals surface area (Å²) in [5.74, 6) is 1.28. The molecule has 0 bridgehead atoms. The van der Waals surface area contributed by atoms with Gasteiger partial charge < -0.3 is 24.0 Å². The zero-order chi connectivity index (χ0) is 18.6. The Morgan fingerprint density at radius 2 is 1.96 bits per heavy atom. The van der Waals surface area contributed by atoms with Gasteiger partial charge in [-0.15, -0.1) is 0 Å². The third-order valence-electron chi connectivity index (χ3n) is 4.88. The second-order valence-electron chi connectivity index (χ2n) is 6.56. The van der Waals surface area contributed by atoms with Crippen LogP contribution in [0.15, 0.2) is 36.5 Å². The van der Waals surface area contributed by atoms with E-state index >= 15 is 0 Å². The molecule has 1 amide bonds. The number of hydrogen-bond acceptors (Lipinski definition) is 6. The lowest BCUT2D eigenvalue weighted by Crippen LogP contribution is -2.36. The number of aromatic nitrogens is 1. The molecular formula is C20H23N3O4. The smallest absolute Gasteiger partial charge is 0.255 e. The largest absolute Gasteiger partial charge is 0.491 e. The molecule has 2 aromatic rings. The van der Waals surface area contributed by atoms with E-state index < -0.39 is 0 Å². The third kappa shape index (κ3) is 3.83. The van der Waals surface area contributed by atoms with Gasteiger partial charge in [-0.3, -0.25) is 4.79 Å².